The number of nitrogens with one attached hydrogen (secondary N) is 1. The van der Waals surface area contributed by atoms with Crippen LogP contribution in [0.25, 0.3) is 0 Å². The Balaban J connectivity index is 2.80. The van der Waals surface area contributed by atoms with Gasteiger partial charge >= 0.3 is 5.69 Å². The molecule has 0 aliphatic heterocycles. The minimum absolute atomic E-state index is 0.0487. The van der Waals surface area contributed by atoms with E-state index in [0.29, 0.717) is 24.7 Å². The molecule has 0 saturated heterocycles. The van der Waals surface area contributed by atoms with E-state index in [9.17, 15) is 10.1 Å². The highest BCUT2D eigenvalue weighted by Crippen LogP contribution is 2.27. The maximum atomic E-state index is 10.9. The highest BCUT2D eigenvalue weighted by atomic mass is 16.6. The smallest absolute Gasteiger partial charge is 0.336 e. The molecule has 1 rings (SSSR count). The molecule has 0 bridgehead atoms. The number of hydrogen-bond donors (Lipinski definition) is 1. The fourth-order valence-electron chi connectivity index (χ4n) is 1.45. The highest BCUT2D eigenvalue weighted by molar-refractivity contribution is 5.59. The summed E-state index contributed by atoms with van der Waals surface area (Å²) in [6.45, 7) is 0.911. The van der Waals surface area contributed by atoms with Crippen LogP contribution in [-0.4, -0.2) is 42.1 Å². The van der Waals surface area contributed by atoms with Crippen LogP contribution in [0.3, 0.4) is 0 Å². The monoisotopic (exact) mass is 244 g/mol. The average molecular weight is 244 g/mol. The van der Waals surface area contributed by atoms with E-state index >= 15 is 0 Å². The van der Waals surface area contributed by atoms with Crippen molar-refractivity contribution in [3.05, 3.63) is 15.8 Å². The molecule has 8 heteroatoms. The van der Waals surface area contributed by atoms with Gasteiger partial charge in [-0.1, -0.05) is 0 Å². The van der Waals surface area contributed by atoms with Gasteiger partial charge in [-0.25, -0.2) is 4.68 Å². The Hall–Kier alpha value is -1.67. The van der Waals surface area contributed by atoms with E-state index in [4.69, 9.17) is 9.47 Å². The van der Waals surface area contributed by atoms with E-state index in [1.54, 1.807) is 21.2 Å². The van der Waals surface area contributed by atoms with Crippen molar-refractivity contribution < 1.29 is 14.4 Å². The molecule has 0 aliphatic carbocycles. The maximum absolute atomic E-state index is 10.9. The molecule has 0 atom stereocenters. The topological polar surface area (TPSA) is 91.5 Å². The number of hydrogen-bond acceptors (Lipinski definition) is 6. The second-order valence-electron chi connectivity index (χ2n) is 3.32. The molecule has 8 nitrogen and oxygen atoms in total. The minimum atomic E-state index is -0.464. The Morgan fingerprint density at radius 3 is 2.76 bits per heavy atom. The second-order valence-corrected chi connectivity index (χ2v) is 3.32. The molecule has 17 heavy (non-hydrogen) atoms. The third-order valence-corrected chi connectivity index (χ3v) is 2.18. The Morgan fingerprint density at radius 1 is 1.53 bits per heavy atom. The zero-order valence-corrected chi connectivity index (χ0v) is 10.1. The van der Waals surface area contributed by atoms with Crippen molar-refractivity contribution >= 4 is 11.5 Å². The lowest BCUT2D eigenvalue weighted by atomic mass is 10.3. The minimum Gasteiger partial charge on any atom is -0.382 e. The molecule has 1 aromatic rings. The molecule has 0 amide bonds. The van der Waals surface area contributed by atoms with Crippen molar-refractivity contribution in [2.75, 3.05) is 32.7 Å². The predicted octanol–water partition coefficient (Wildman–Crippen LogP) is 0.533. The van der Waals surface area contributed by atoms with Crippen molar-refractivity contribution in [3.63, 3.8) is 0 Å². The van der Waals surface area contributed by atoms with Gasteiger partial charge < -0.3 is 14.8 Å². The number of rotatable bonds is 7. The Kier molecular flexibility index (Phi) is 4.85. The number of nitrogens with zero attached hydrogens (tertiary/aromatic N) is 3. The highest BCUT2D eigenvalue weighted by Gasteiger charge is 2.25. The largest absolute Gasteiger partial charge is 0.382 e. The Bertz CT molecular complexity index is 391. The van der Waals surface area contributed by atoms with Crippen molar-refractivity contribution in [2.24, 2.45) is 7.05 Å². The van der Waals surface area contributed by atoms with E-state index in [1.807, 2.05) is 0 Å². The summed E-state index contributed by atoms with van der Waals surface area (Å²) in [7, 11) is 4.81. The third-order valence-electron chi connectivity index (χ3n) is 2.18. The van der Waals surface area contributed by atoms with Gasteiger partial charge in [0.15, 0.2) is 5.69 Å². The van der Waals surface area contributed by atoms with Crippen molar-refractivity contribution in [1.82, 2.24) is 9.78 Å². The quantitative estimate of drug-likeness (QED) is 0.427. The zero-order chi connectivity index (χ0) is 12.8. The van der Waals surface area contributed by atoms with Gasteiger partial charge in [-0.05, 0) is 0 Å². The van der Waals surface area contributed by atoms with Crippen molar-refractivity contribution in [1.29, 1.82) is 0 Å². The predicted molar refractivity (Wildman–Crippen MR) is 60.9 cm³/mol. The maximum Gasteiger partial charge on any atom is 0.336 e. The van der Waals surface area contributed by atoms with Gasteiger partial charge in [0.05, 0.1) is 24.7 Å². The van der Waals surface area contributed by atoms with Crippen LogP contribution in [0.5, 0.6) is 0 Å². The van der Waals surface area contributed by atoms with Crippen LogP contribution in [0.15, 0.2) is 0 Å². The van der Waals surface area contributed by atoms with Crippen LogP contribution >= 0.6 is 0 Å². The zero-order valence-electron chi connectivity index (χ0n) is 10.1. The first-order valence-corrected chi connectivity index (χ1v) is 5.06. The normalized spacial score (nSPS) is 10.5. The van der Waals surface area contributed by atoms with E-state index in [-0.39, 0.29) is 12.3 Å². The molecule has 0 aliphatic rings. The summed E-state index contributed by atoms with van der Waals surface area (Å²) in [6.07, 6.45) is 0. The van der Waals surface area contributed by atoms with E-state index in [0.717, 1.165) is 0 Å². The first-order chi connectivity index (χ1) is 8.11. The fourth-order valence-corrected chi connectivity index (χ4v) is 1.45. The summed E-state index contributed by atoms with van der Waals surface area (Å²) in [4.78, 5) is 10.5. The van der Waals surface area contributed by atoms with Crippen LogP contribution in [0, 0.1) is 10.1 Å². The van der Waals surface area contributed by atoms with Gasteiger partial charge in [-0.2, -0.15) is 5.10 Å². The summed E-state index contributed by atoms with van der Waals surface area (Å²) < 4.78 is 11.5. The molecule has 0 fully saturated rings. The van der Waals surface area contributed by atoms with Crippen molar-refractivity contribution in [2.45, 2.75) is 6.61 Å². The van der Waals surface area contributed by atoms with Crippen molar-refractivity contribution in [3.8, 4) is 0 Å². The Morgan fingerprint density at radius 2 is 2.24 bits per heavy atom. The number of methoxy groups -OCH3 is 1. The van der Waals surface area contributed by atoms with Gasteiger partial charge in [0.2, 0.25) is 5.82 Å². The van der Waals surface area contributed by atoms with E-state index < -0.39 is 4.92 Å². The molecule has 0 unspecified atom stereocenters. The van der Waals surface area contributed by atoms with Gasteiger partial charge in [-0.3, -0.25) is 10.1 Å². The van der Waals surface area contributed by atoms with Crippen LogP contribution in [0.4, 0.5) is 11.5 Å². The molecule has 0 aromatic carbocycles. The van der Waals surface area contributed by atoms with Crippen LogP contribution < -0.4 is 5.32 Å². The lowest BCUT2D eigenvalue weighted by Gasteiger charge is -2.00. The van der Waals surface area contributed by atoms with E-state index in [2.05, 4.69) is 10.4 Å². The standard InChI is InChI=1S/C9H16N4O4/c1-10-9-8(13(14)15)7(11-12(9)2)6-17-5-4-16-3/h10H,4-6H2,1-3H3. The van der Waals surface area contributed by atoms with Crippen LogP contribution in [0.2, 0.25) is 0 Å². The number of nitro groups is 1. The fraction of sp³-hybridized carbons (Fsp3) is 0.667. The van der Waals surface area contributed by atoms with Gasteiger partial charge in [-0.15, -0.1) is 0 Å². The van der Waals surface area contributed by atoms with E-state index in [1.165, 1.54) is 4.68 Å². The summed E-state index contributed by atoms with van der Waals surface area (Å²) >= 11 is 0. The summed E-state index contributed by atoms with van der Waals surface area (Å²) in [5.74, 6) is 0.361. The molecular formula is C9H16N4O4. The first-order valence-electron chi connectivity index (χ1n) is 5.06. The molecule has 1 N–H and O–H groups in total. The van der Waals surface area contributed by atoms with Crippen LogP contribution in [0.1, 0.15) is 5.69 Å². The second kappa shape index (κ2) is 6.16. The summed E-state index contributed by atoms with van der Waals surface area (Å²) in [5, 5.41) is 17.7. The number of anilines is 1. The molecule has 1 aromatic heterocycles. The molecule has 96 valence electrons. The number of ether oxygens (including phenoxy) is 2. The van der Waals surface area contributed by atoms with Gasteiger partial charge in [0.25, 0.3) is 0 Å². The molecular weight excluding hydrogens is 228 g/mol. The molecule has 0 radical (unpaired) electrons. The lowest BCUT2D eigenvalue weighted by Crippen LogP contribution is -2.04. The molecule has 0 spiro atoms. The van der Waals surface area contributed by atoms with Crippen LogP contribution in [-0.2, 0) is 23.1 Å². The average Bonchev–Trinajstić information content (AvgIpc) is 2.61. The SMILES string of the molecule is CNc1c([N+](=O)[O-])c(COCCOC)nn1C. The first kappa shape index (κ1) is 13.4. The third kappa shape index (κ3) is 3.14. The summed E-state index contributed by atoms with van der Waals surface area (Å²) in [6, 6.07) is 0. The molecule has 0 saturated carbocycles. The van der Waals surface area contributed by atoms with Gasteiger partial charge in [0, 0.05) is 21.2 Å². The molecule has 1 heterocycles. The Labute approximate surface area is 98.7 Å². The van der Waals surface area contributed by atoms with Gasteiger partial charge in [0.1, 0.15) is 0 Å². The summed E-state index contributed by atoms with van der Waals surface area (Å²) in [5.41, 5.74) is 0.255. The lowest BCUT2D eigenvalue weighted by molar-refractivity contribution is -0.385. The number of aromatic nitrogens is 2. The number of aryl methyl sites for hydroxylation is 1.